The molecule has 1 N–H and O–H groups in total. The summed E-state index contributed by atoms with van der Waals surface area (Å²) in [6.07, 6.45) is 2.89. The van der Waals surface area contributed by atoms with Crippen LogP contribution >= 0.6 is 0 Å². The molecule has 2 aromatic carbocycles. The van der Waals surface area contributed by atoms with Crippen LogP contribution in [0.1, 0.15) is 36.1 Å². The third-order valence-electron chi connectivity index (χ3n) is 5.86. The van der Waals surface area contributed by atoms with Crippen molar-refractivity contribution in [3.8, 4) is 5.75 Å². The highest BCUT2D eigenvalue weighted by atomic mass is 16.5. The van der Waals surface area contributed by atoms with Crippen molar-refractivity contribution in [2.24, 2.45) is 10.9 Å². The molecule has 5 nitrogen and oxygen atoms in total. The number of ketones is 1. The molecule has 0 spiro atoms. The molecule has 1 unspecified atom stereocenters. The van der Waals surface area contributed by atoms with Crippen LogP contribution < -0.4 is 10.1 Å². The number of nitrogens with zero attached hydrogens (tertiary/aromatic N) is 1. The summed E-state index contributed by atoms with van der Waals surface area (Å²) in [6, 6.07) is 19.4. The van der Waals surface area contributed by atoms with E-state index in [-0.39, 0.29) is 23.7 Å². The van der Waals surface area contributed by atoms with E-state index < -0.39 is 0 Å². The van der Waals surface area contributed by atoms with Gasteiger partial charge in [-0.1, -0.05) is 24.3 Å². The number of furan rings is 1. The van der Waals surface area contributed by atoms with Crippen molar-refractivity contribution in [2.45, 2.75) is 24.8 Å². The average Bonchev–Trinajstić information content (AvgIpc) is 3.22. The second-order valence-electron chi connectivity index (χ2n) is 7.58. The number of methoxy groups -OCH3 is 1. The second-order valence-corrected chi connectivity index (χ2v) is 7.58. The first-order valence-corrected chi connectivity index (χ1v) is 9.86. The fourth-order valence-corrected chi connectivity index (χ4v) is 4.41. The summed E-state index contributed by atoms with van der Waals surface area (Å²) in [5.74, 6) is 1.55. The van der Waals surface area contributed by atoms with Gasteiger partial charge in [-0.2, -0.15) is 0 Å². The first kappa shape index (κ1) is 17.7. The van der Waals surface area contributed by atoms with Crippen LogP contribution in [0.5, 0.6) is 5.75 Å². The molecular weight excluding hydrogens is 364 g/mol. The van der Waals surface area contributed by atoms with Gasteiger partial charge in [-0.15, -0.1) is 0 Å². The Hall–Kier alpha value is -3.34. The molecule has 0 bridgehead atoms. The van der Waals surface area contributed by atoms with Crippen molar-refractivity contribution in [2.75, 3.05) is 12.4 Å². The molecule has 1 fully saturated rings. The molecule has 0 amide bonds. The average molecular weight is 386 g/mol. The van der Waals surface area contributed by atoms with E-state index in [1.807, 2.05) is 60.7 Å². The van der Waals surface area contributed by atoms with Gasteiger partial charge in [0.15, 0.2) is 0 Å². The number of hydrogen-bond acceptors (Lipinski definition) is 5. The lowest BCUT2D eigenvalue weighted by atomic mass is 9.73. The molecule has 1 aliphatic heterocycles. The van der Waals surface area contributed by atoms with Crippen LogP contribution in [0.15, 0.2) is 76.3 Å². The predicted octanol–water partition coefficient (Wildman–Crippen LogP) is 5.29. The monoisotopic (exact) mass is 386 g/mol. The van der Waals surface area contributed by atoms with Crippen molar-refractivity contribution in [1.82, 2.24) is 0 Å². The van der Waals surface area contributed by atoms with Crippen LogP contribution in [0.25, 0.3) is 0 Å². The van der Waals surface area contributed by atoms with E-state index in [1.165, 1.54) is 0 Å². The number of benzene rings is 2. The number of nitrogens with one attached hydrogen (secondary N) is 1. The van der Waals surface area contributed by atoms with Gasteiger partial charge in [-0.3, -0.25) is 9.79 Å². The normalized spacial score (nSPS) is 23.3. The molecular formula is C24H22N2O3. The first-order chi connectivity index (χ1) is 14.2. The maximum atomic E-state index is 13.4. The molecule has 0 radical (unpaired) electrons. The number of aliphatic imine (C=N–C) groups is 1. The Balaban J connectivity index is 1.55. The highest BCUT2D eigenvalue weighted by Crippen LogP contribution is 2.44. The van der Waals surface area contributed by atoms with Crippen LogP contribution in [-0.4, -0.2) is 18.6 Å². The maximum Gasteiger partial charge on any atom is 0.144 e. The molecule has 0 saturated heterocycles. The minimum Gasteiger partial charge on any atom is -0.497 e. The quantitative estimate of drug-likeness (QED) is 0.664. The predicted molar refractivity (Wildman–Crippen MR) is 112 cm³/mol. The number of hydrogen-bond donors (Lipinski definition) is 1. The van der Waals surface area contributed by atoms with Crippen molar-refractivity contribution in [3.63, 3.8) is 0 Å². The molecule has 1 saturated carbocycles. The molecule has 3 aromatic rings. The Kier molecular flexibility index (Phi) is 4.43. The Morgan fingerprint density at radius 3 is 2.62 bits per heavy atom. The summed E-state index contributed by atoms with van der Waals surface area (Å²) in [7, 11) is 1.66. The molecule has 5 rings (SSSR count). The zero-order chi connectivity index (χ0) is 19.8. The lowest BCUT2D eigenvalue weighted by Gasteiger charge is -2.32. The van der Waals surface area contributed by atoms with Crippen LogP contribution in [0.2, 0.25) is 0 Å². The fraction of sp³-hybridized carbons (Fsp3) is 0.250. The maximum absolute atomic E-state index is 13.4. The summed E-state index contributed by atoms with van der Waals surface area (Å²) in [5.41, 5.74) is 3.84. The number of anilines is 1. The minimum absolute atomic E-state index is 0.117. The Morgan fingerprint density at radius 2 is 1.86 bits per heavy atom. The van der Waals surface area contributed by atoms with Crippen LogP contribution in [0.4, 0.5) is 11.4 Å². The van der Waals surface area contributed by atoms with Gasteiger partial charge in [0, 0.05) is 12.1 Å². The van der Waals surface area contributed by atoms with E-state index in [0.29, 0.717) is 6.42 Å². The van der Waals surface area contributed by atoms with Crippen molar-refractivity contribution in [1.29, 1.82) is 0 Å². The Bertz CT molecular complexity index is 1050. The highest BCUT2D eigenvalue weighted by molar-refractivity contribution is 6.10. The molecule has 5 heteroatoms. The van der Waals surface area contributed by atoms with Gasteiger partial charge in [0.2, 0.25) is 0 Å². The summed E-state index contributed by atoms with van der Waals surface area (Å²) < 4.78 is 11.0. The molecule has 1 aliphatic carbocycles. The van der Waals surface area contributed by atoms with Gasteiger partial charge in [0.05, 0.1) is 36.7 Å². The van der Waals surface area contributed by atoms with Gasteiger partial charge in [0.25, 0.3) is 0 Å². The molecule has 146 valence electrons. The van der Waals surface area contributed by atoms with Gasteiger partial charge < -0.3 is 14.5 Å². The van der Waals surface area contributed by atoms with Crippen molar-refractivity contribution in [3.05, 3.63) is 78.3 Å². The van der Waals surface area contributed by atoms with Crippen molar-refractivity contribution < 1.29 is 13.9 Å². The lowest BCUT2D eigenvalue weighted by Crippen LogP contribution is -2.38. The van der Waals surface area contributed by atoms with E-state index in [4.69, 9.17) is 14.1 Å². The SMILES string of the molecule is COc1ccc([C@H]2CC(=O)C3C(=Nc4ccccc4N[C@H]3c3ccco3)C2)cc1. The Labute approximate surface area is 169 Å². The number of para-hydroxylation sites is 2. The summed E-state index contributed by atoms with van der Waals surface area (Å²) >= 11 is 0. The van der Waals surface area contributed by atoms with Gasteiger partial charge >= 0.3 is 0 Å². The van der Waals surface area contributed by atoms with Gasteiger partial charge in [-0.05, 0) is 54.3 Å². The zero-order valence-electron chi connectivity index (χ0n) is 16.2. The van der Waals surface area contributed by atoms with E-state index in [2.05, 4.69) is 5.32 Å². The molecule has 2 aliphatic rings. The Morgan fingerprint density at radius 1 is 1.03 bits per heavy atom. The number of ether oxygens (including phenoxy) is 1. The third kappa shape index (κ3) is 3.23. The summed E-state index contributed by atoms with van der Waals surface area (Å²) in [6.45, 7) is 0. The van der Waals surface area contributed by atoms with Crippen LogP contribution in [0.3, 0.4) is 0 Å². The smallest absolute Gasteiger partial charge is 0.144 e. The standard InChI is InChI=1S/C24H22N2O3/c1-28-17-10-8-15(9-11-17)16-13-20-23(21(27)14-16)24(22-7-4-12-29-22)26-19-6-3-2-5-18(19)25-20/h2-12,16,23-24,26H,13-14H2,1H3/t16-,23?,24+/m1/s1. The van der Waals surface area contributed by atoms with Gasteiger partial charge in [0.1, 0.15) is 17.3 Å². The van der Waals surface area contributed by atoms with E-state index in [1.54, 1.807) is 13.4 Å². The highest BCUT2D eigenvalue weighted by Gasteiger charge is 2.42. The number of Topliss-reactive ketones (excluding diaryl/α,β-unsaturated/α-hetero) is 1. The second kappa shape index (κ2) is 7.24. The zero-order valence-corrected chi connectivity index (χ0v) is 16.2. The fourth-order valence-electron chi connectivity index (χ4n) is 4.41. The van der Waals surface area contributed by atoms with Crippen molar-refractivity contribution >= 4 is 22.9 Å². The number of rotatable bonds is 3. The molecule has 1 aromatic heterocycles. The first-order valence-electron chi connectivity index (χ1n) is 9.86. The van der Waals surface area contributed by atoms with E-state index in [9.17, 15) is 4.79 Å². The summed E-state index contributed by atoms with van der Waals surface area (Å²) in [4.78, 5) is 18.3. The lowest BCUT2D eigenvalue weighted by molar-refractivity contribution is -0.122. The van der Waals surface area contributed by atoms with Crippen LogP contribution in [-0.2, 0) is 4.79 Å². The topological polar surface area (TPSA) is 63.8 Å². The van der Waals surface area contributed by atoms with Gasteiger partial charge in [-0.25, -0.2) is 0 Å². The summed E-state index contributed by atoms with van der Waals surface area (Å²) in [5, 5.41) is 3.52. The number of carbonyl (C=O) groups excluding carboxylic acids is 1. The molecule has 2 heterocycles. The van der Waals surface area contributed by atoms with E-state index >= 15 is 0 Å². The molecule has 3 atom stereocenters. The molecule has 29 heavy (non-hydrogen) atoms. The van der Waals surface area contributed by atoms with Crippen LogP contribution in [0, 0.1) is 5.92 Å². The third-order valence-corrected chi connectivity index (χ3v) is 5.86. The minimum atomic E-state index is -0.331. The largest absolute Gasteiger partial charge is 0.497 e. The number of fused-ring (bicyclic) bond motifs is 2. The van der Waals surface area contributed by atoms with E-state index in [0.717, 1.165) is 40.6 Å². The number of carbonyl (C=O) groups is 1.